The Kier molecular flexibility index (Phi) is 4.24. The van der Waals surface area contributed by atoms with Gasteiger partial charge in [-0.2, -0.15) is 0 Å². The third kappa shape index (κ3) is 2.24. The predicted octanol–water partition coefficient (Wildman–Crippen LogP) is 1.04. The van der Waals surface area contributed by atoms with Crippen LogP contribution in [0.4, 0.5) is 0 Å². The number of carbonyl (C=O) groups excluding carboxylic acids is 1. The van der Waals surface area contributed by atoms with Crippen molar-refractivity contribution in [2.75, 3.05) is 20.3 Å². The average molecular weight is 255 g/mol. The monoisotopic (exact) mass is 255 g/mol. The molecule has 1 heterocycles. The molecule has 0 saturated heterocycles. The number of esters is 1. The fourth-order valence-corrected chi connectivity index (χ4v) is 3.11. The van der Waals surface area contributed by atoms with Crippen molar-refractivity contribution in [1.82, 2.24) is 0 Å². The molecule has 102 valence electrons. The van der Waals surface area contributed by atoms with Crippen LogP contribution < -0.4 is 5.73 Å². The second kappa shape index (κ2) is 5.71. The average Bonchev–Trinajstić information content (AvgIpc) is 2.82. The zero-order chi connectivity index (χ0) is 13.1. The predicted molar refractivity (Wildman–Crippen MR) is 65.4 cm³/mol. The van der Waals surface area contributed by atoms with Crippen molar-refractivity contribution in [2.24, 2.45) is 23.5 Å². The Labute approximate surface area is 107 Å². The molecule has 0 aromatic carbocycles. The lowest BCUT2D eigenvalue weighted by Crippen LogP contribution is -2.40. The summed E-state index contributed by atoms with van der Waals surface area (Å²) in [5, 5.41) is 0. The van der Waals surface area contributed by atoms with Crippen LogP contribution in [0, 0.1) is 17.8 Å². The van der Waals surface area contributed by atoms with Crippen molar-refractivity contribution in [3.63, 3.8) is 0 Å². The molecule has 0 aromatic rings. The van der Waals surface area contributed by atoms with Gasteiger partial charge in [-0.25, -0.2) is 4.79 Å². The van der Waals surface area contributed by atoms with Crippen molar-refractivity contribution in [1.29, 1.82) is 0 Å². The van der Waals surface area contributed by atoms with E-state index in [4.69, 9.17) is 19.9 Å². The van der Waals surface area contributed by atoms with Crippen LogP contribution in [0.15, 0.2) is 11.8 Å². The summed E-state index contributed by atoms with van der Waals surface area (Å²) >= 11 is 0. The van der Waals surface area contributed by atoms with Crippen LogP contribution in [-0.4, -0.2) is 32.5 Å². The van der Waals surface area contributed by atoms with E-state index >= 15 is 0 Å². The van der Waals surface area contributed by atoms with E-state index < -0.39 is 0 Å². The van der Waals surface area contributed by atoms with Gasteiger partial charge in [0.2, 0.25) is 6.29 Å². The van der Waals surface area contributed by atoms with Crippen molar-refractivity contribution in [3.05, 3.63) is 11.8 Å². The van der Waals surface area contributed by atoms with Crippen LogP contribution in [0.25, 0.3) is 0 Å². The largest absolute Gasteiger partial charge is 0.472 e. The van der Waals surface area contributed by atoms with Gasteiger partial charge >= 0.3 is 5.97 Å². The third-order valence-electron chi connectivity index (χ3n) is 3.96. The first-order valence-electron chi connectivity index (χ1n) is 6.48. The van der Waals surface area contributed by atoms with Gasteiger partial charge in [0.05, 0.1) is 18.9 Å². The highest BCUT2D eigenvalue weighted by molar-refractivity contribution is 5.89. The second-order valence-electron chi connectivity index (χ2n) is 4.78. The van der Waals surface area contributed by atoms with Gasteiger partial charge in [0.1, 0.15) is 0 Å². The Bertz CT molecular complexity index is 342. The normalized spacial score (nSPS) is 34.5. The van der Waals surface area contributed by atoms with Gasteiger partial charge in [0.25, 0.3) is 0 Å². The molecule has 1 saturated carbocycles. The van der Waals surface area contributed by atoms with Crippen molar-refractivity contribution >= 4 is 5.97 Å². The number of fused-ring (bicyclic) bond motifs is 1. The highest BCUT2D eigenvalue weighted by Gasteiger charge is 2.47. The van der Waals surface area contributed by atoms with E-state index in [0.29, 0.717) is 24.6 Å². The van der Waals surface area contributed by atoms with E-state index in [-0.39, 0.29) is 24.1 Å². The van der Waals surface area contributed by atoms with Crippen molar-refractivity contribution < 1.29 is 19.0 Å². The molecule has 5 heteroatoms. The van der Waals surface area contributed by atoms with E-state index in [1.807, 2.05) is 6.92 Å². The minimum Gasteiger partial charge on any atom is -0.472 e. The zero-order valence-electron chi connectivity index (χ0n) is 10.9. The van der Waals surface area contributed by atoms with Crippen LogP contribution in [0.2, 0.25) is 0 Å². The summed E-state index contributed by atoms with van der Waals surface area (Å²) in [5.41, 5.74) is 6.43. The van der Waals surface area contributed by atoms with Crippen LogP contribution in [0.3, 0.4) is 0 Å². The molecular weight excluding hydrogens is 234 g/mol. The molecule has 5 nitrogen and oxygen atoms in total. The van der Waals surface area contributed by atoms with Crippen molar-refractivity contribution in [2.45, 2.75) is 26.1 Å². The quantitative estimate of drug-likeness (QED) is 0.760. The zero-order valence-corrected chi connectivity index (χ0v) is 10.9. The first-order valence-corrected chi connectivity index (χ1v) is 6.48. The number of carbonyl (C=O) groups is 1. The van der Waals surface area contributed by atoms with E-state index in [1.165, 1.54) is 13.4 Å². The van der Waals surface area contributed by atoms with Gasteiger partial charge in [0.15, 0.2) is 0 Å². The topological polar surface area (TPSA) is 70.8 Å². The first-order chi connectivity index (χ1) is 8.72. The SMILES string of the molecule is CCOC1OC=C(C(=O)OC)C2CCC(CN)C12. The maximum Gasteiger partial charge on any atom is 0.337 e. The van der Waals surface area contributed by atoms with Gasteiger partial charge in [0, 0.05) is 18.4 Å². The van der Waals surface area contributed by atoms with Crippen molar-refractivity contribution in [3.8, 4) is 0 Å². The number of methoxy groups -OCH3 is 1. The number of ether oxygens (including phenoxy) is 3. The lowest BCUT2D eigenvalue weighted by molar-refractivity contribution is -0.164. The standard InChI is InChI=1S/C13H21NO4/c1-3-17-13-11-8(6-14)4-5-9(11)10(7-18-13)12(15)16-2/h7-9,11,13H,3-6,14H2,1-2H3. The van der Waals surface area contributed by atoms with Gasteiger partial charge in [-0.15, -0.1) is 0 Å². The summed E-state index contributed by atoms with van der Waals surface area (Å²) in [4.78, 5) is 11.7. The molecule has 2 N–H and O–H groups in total. The molecule has 0 radical (unpaired) electrons. The maximum absolute atomic E-state index is 11.7. The molecule has 1 aliphatic heterocycles. The molecule has 4 unspecified atom stereocenters. The van der Waals surface area contributed by atoms with Gasteiger partial charge in [-0.3, -0.25) is 0 Å². The summed E-state index contributed by atoms with van der Waals surface area (Å²) in [6.07, 6.45) is 3.17. The first kappa shape index (κ1) is 13.4. The van der Waals surface area contributed by atoms with Gasteiger partial charge in [-0.05, 0) is 32.2 Å². The van der Waals surface area contributed by atoms with Crippen LogP contribution >= 0.6 is 0 Å². The number of nitrogens with two attached hydrogens (primary N) is 1. The minimum absolute atomic E-state index is 0.149. The van der Waals surface area contributed by atoms with E-state index in [1.54, 1.807) is 0 Å². The summed E-state index contributed by atoms with van der Waals surface area (Å²) < 4.78 is 16.0. The lowest BCUT2D eigenvalue weighted by Gasteiger charge is -2.35. The van der Waals surface area contributed by atoms with E-state index in [9.17, 15) is 4.79 Å². The Morgan fingerprint density at radius 2 is 2.33 bits per heavy atom. The summed E-state index contributed by atoms with van der Waals surface area (Å²) in [7, 11) is 1.39. The second-order valence-corrected chi connectivity index (χ2v) is 4.78. The molecule has 0 amide bonds. The molecule has 0 aromatic heterocycles. The molecule has 0 bridgehead atoms. The molecule has 1 fully saturated rings. The Hall–Kier alpha value is -1.07. The van der Waals surface area contributed by atoms with Crippen LogP contribution in [0.1, 0.15) is 19.8 Å². The number of hydrogen-bond donors (Lipinski definition) is 1. The Morgan fingerprint density at radius 3 is 2.94 bits per heavy atom. The molecule has 18 heavy (non-hydrogen) atoms. The van der Waals surface area contributed by atoms with Crippen LogP contribution in [-0.2, 0) is 19.0 Å². The molecule has 4 atom stereocenters. The number of rotatable bonds is 4. The Balaban J connectivity index is 2.22. The smallest absolute Gasteiger partial charge is 0.337 e. The van der Waals surface area contributed by atoms with E-state index in [2.05, 4.69) is 0 Å². The fraction of sp³-hybridized carbons (Fsp3) is 0.769. The molecule has 0 spiro atoms. The molecule has 2 aliphatic rings. The minimum atomic E-state index is -0.308. The molecule has 1 aliphatic carbocycles. The summed E-state index contributed by atoms with van der Waals surface area (Å²) in [5.74, 6) is 0.350. The summed E-state index contributed by atoms with van der Waals surface area (Å²) in [6, 6.07) is 0. The highest BCUT2D eigenvalue weighted by atomic mass is 16.7. The summed E-state index contributed by atoms with van der Waals surface area (Å²) in [6.45, 7) is 3.12. The van der Waals surface area contributed by atoms with Crippen LogP contribution in [0.5, 0.6) is 0 Å². The maximum atomic E-state index is 11.7. The number of hydrogen-bond acceptors (Lipinski definition) is 5. The third-order valence-corrected chi connectivity index (χ3v) is 3.96. The molecular formula is C13H21NO4. The molecule has 2 rings (SSSR count). The Morgan fingerprint density at radius 1 is 1.56 bits per heavy atom. The van der Waals surface area contributed by atoms with Gasteiger partial charge < -0.3 is 19.9 Å². The highest BCUT2D eigenvalue weighted by Crippen LogP contribution is 2.46. The lowest BCUT2D eigenvalue weighted by atomic mass is 9.83. The van der Waals surface area contributed by atoms with Gasteiger partial charge in [-0.1, -0.05) is 0 Å². The van der Waals surface area contributed by atoms with E-state index in [0.717, 1.165) is 12.8 Å². The fourth-order valence-electron chi connectivity index (χ4n) is 3.11.